The molecule has 15 heteroatoms. The van der Waals surface area contributed by atoms with Crippen LogP contribution in [0.15, 0.2) is 89.9 Å². The largest absolute Gasteiger partial charge is 0.573 e. The second-order valence-electron chi connectivity index (χ2n) is 13.9. The van der Waals surface area contributed by atoms with Gasteiger partial charge in [-0.1, -0.05) is 42.5 Å². The Labute approximate surface area is 312 Å². The summed E-state index contributed by atoms with van der Waals surface area (Å²) in [4.78, 5) is 51.9. The third kappa shape index (κ3) is 9.16. The first-order valence-corrected chi connectivity index (χ1v) is 17.6. The lowest BCUT2D eigenvalue weighted by atomic mass is 9.95. The van der Waals surface area contributed by atoms with Gasteiger partial charge in [0.25, 0.3) is 5.56 Å². The Balaban J connectivity index is 1.29. The number of carboxylic acids is 1. The van der Waals surface area contributed by atoms with Gasteiger partial charge >= 0.3 is 12.3 Å². The SMILES string of the molecule is CC(C)(C(=O)O)N1CCC(N(Cc2ccc(-c3ccc(OC(F)(F)F)cc3)cc2)C(=O)Cn2c(CCc3ccc(F)cc3F)nc(=O)c3cccnc32)CC1. The first-order chi connectivity index (χ1) is 26.1. The van der Waals surface area contributed by atoms with E-state index in [1.165, 1.54) is 36.5 Å². The molecule has 1 saturated heterocycles. The number of carboxylic acid groups (broad SMARTS) is 1. The summed E-state index contributed by atoms with van der Waals surface area (Å²) in [5.74, 6) is -2.90. The zero-order valence-corrected chi connectivity index (χ0v) is 30.0. The minimum absolute atomic E-state index is 0.0466. The van der Waals surface area contributed by atoms with Crippen LogP contribution < -0.4 is 10.3 Å². The number of hydrogen-bond donors (Lipinski definition) is 1. The highest BCUT2D eigenvalue weighted by Crippen LogP contribution is 2.29. The van der Waals surface area contributed by atoms with Crippen LogP contribution in [0.2, 0.25) is 0 Å². The number of nitrogens with zero attached hydrogens (tertiary/aromatic N) is 5. The zero-order valence-electron chi connectivity index (χ0n) is 30.0. The molecule has 0 atom stereocenters. The van der Waals surface area contributed by atoms with Gasteiger partial charge in [0.1, 0.15) is 40.9 Å². The number of aromatic nitrogens is 3. The van der Waals surface area contributed by atoms with Crippen LogP contribution in [0, 0.1) is 11.6 Å². The maximum Gasteiger partial charge on any atom is 0.573 e. The summed E-state index contributed by atoms with van der Waals surface area (Å²) in [6.45, 7) is 4.00. The molecule has 3 aromatic carbocycles. The van der Waals surface area contributed by atoms with E-state index in [4.69, 9.17) is 0 Å². The van der Waals surface area contributed by atoms with Crippen LogP contribution in [0.5, 0.6) is 5.75 Å². The third-order valence-electron chi connectivity index (χ3n) is 10.0. The fourth-order valence-corrected chi connectivity index (χ4v) is 6.83. The molecule has 1 fully saturated rings. The van der Waals surface area contributed by atoms with Crippen LogP contribution in [-0.2, 0) is 35.5 Å². The molecule has 1 aliphatic rings. The Morgan fingerprint density at radius 2 is 1.58 bits per heavy atom. The number of rotatable bonds is 12. The molecule has 3 heterocycles. The number of alkyl halides is 3. The Kier molecular flexibility index (Phi) is 11.3. The smallest absolute Gasteiger partial charge is 0.480 e. The van der Waals surface area contributed by atoms with E-state index in [0.717, 1.165) is 23.3 Å². The van der Waals surface area contributed by atoms with E-state index in [1.807, 2.05) is 17.0 Å². The molecule has 2 aromatic heterocycles. The Bertz CT molecular complexity index is 2240. The topological polar surface area (TPSA) is 118 Å². The van der Waals surface area contributed by atoms with Gasteiger partial charge in [-0.05, 0) is 85.7 Å². The van der Waals surface area contributed by atoms with Crippen LogP contribution in [0.1, 0.15) is 43.6 Å². The van der Waals surface area contributed by atoms with Crippen molar-refractivity contribution >= 4 is 22.9 Å². The van der Waals surface area contributed by atoms with Crippen molar-refractivity contribution in [3.63, 3.8) is 0 Å². The van der Waals surface area contributed by atoms with Crippen LogP contribution in [0.4, 0.5) is 22.0 Å². The predicted molar refractivity (Wildman–Crippen MR) is 193 cm³/mol. The highest BCUT2D eigenvalue weighted by Gasteiger charge is 2.38. The molecule has 1 amide bonds. The Morgan fingerprint density at radius 3 is 2.20 bits per heavy atom. The fourth-order valence-electron chi connectivity index (χ4n) is 6.83. The minimum Gasteiger partial charge on any atom is -0.480 e. The zero-order chi connectivity index (χ0) is 39.5. The number of halogens is 5. The van der Waals surface area contributed by atoms with Crippen LogP contribution in [0.3, 0.4) is 0 Å². The van der Waals surface area contributed by atoms with Gasteiger partial charge in [0.2, 0.25) is 5.91 Å². The molecule has 0 spiro atoms. The van der Waals surface area contributed by atoms with E-state index in [1.54, 1.807) is 47.6 Å². The average molecular weight is 764 g/mol. The maximum absolute atomic E-state index is 14.6. The number of ether oxygens (including phenoxy) is 1. The van der Waals surface area contributed by atoms with E-state index in [9.17, 15) is 41.4 Å². The van der Waals surface area contributed by atoms with Gasteiger partial charge in [-0.25, -0.2) is 13.8 Å². The van der Waals surface area contributed by atoms with Crippen molar-refractivity contribution in [3.8, 4) is 16.9 Å². The molecular formula is C40H38F5N5O5. The number of aryl methyl sites for hydroxylation is 2. The van der Waals surface area contributed by atoms with Crippen LogP contribution >= 0.6 is 0 Å². The molecule has 6 rings (SSSR count). The number of aliphatic carboxylic acids is 1. The van der Waals surface area contributed by atoms with Crippen molar-refractivity contribution in [1.82, 2.24) is 24.3 Å². The van der Waals surface area contributed by atoms with Gasteiger partial charge in [-0.3, -0.25) is 19.3 Å². The number of likely N-dealkylation sites (tertiary alicyclic amines) is 1. The second-order valence-corrected chi connectivity index (χ2v) is 13.9. The van der Waals surface area contributed by atoms with Crippen LogP contribution in [0.25, 0.3) is 22.2 Å². The summed E-state index contributed by atoms with van der Waals surface area (Å²) >= 11 is 0. The second kappa shape index (κ2) is 16.0. The number of carbonyl (C=O) groups excluding carboxylic acids is 1. The molecule has 0 saturated carbocycles. The average Bonchev–Trinajstić information content (AvgIpc) is 3.15. The van der Waals surface area contributed by atoms with Gasteiger partial charge in [0, 0.05) is 44.4 Å². The molecular weight excluding hydrogens is 725 g/mol. The fraction of sp³-hybridized carbons (Fsp3) is 0.325. The summed E-state index contributed by atoms with van der Waals surface area (Å²) in [7, 11) is 0. The van der Waals surface area contributed by atoms with Crippen molar-refractivity contribution < 1.29 is 41.4 Å². The van der Waals surface area contributed by atoms with E-state index >= 15 is 0 Å². The molecule has 0 unspecified atom stereocenters. The standard InChI is InChI=1S/C40H38F5N5O5/c1-39(2,38(53)54)48-20-17-30(18-21-48)49(23-25-5-7-26(8-6-25)27-10-14-31(15-11-27)55-40(43,44)45)35(51)24-50-34(16-12-28-9-13-29(41)22-33(28)42)47-37(52)32-4-3-19-46-36(32)50/h3-11,13-15,19,22,30H,12,16-18,20-21,23-24H2,1-2H3,(H,53,54). The minimum atomic E-state index is -4.81. The first kappa shape index (κ1) is 39.0. The summed E-state index contributed by atoms with van der Waals surface area (Å²) in [6.07, 6.45) is -2.25. The monoisotopic (exact) mass is 763 g/mol. The predicted octanol–water partition coefficient (Wildman–Crippen LogP) is 6.78. The van der Waals surface area contributed by atoms with E-state index in [2.05, 4.69) is 14.7 Å². The molecule has 5 aromatic rings. The quantitative estimate of drug-likeness (QED) is 0.138. The molecule has 0 aliphatic carbocycles. The lowest BCUT2D eigenvalue weighted by Gasteiger charge is -2.43. The molecule has 288 valence electrons. The molecule has 0 radical (unpaired) electrons. The maximum atomic E-state index is 14.6. The van der Waals surface area contributed by atoms with Gasteiger partial charge < -0.3 is 19.3 Å². The lowest BCUT2D eigenvalue weighted by Crippen LogP contribution is -2.56. The van der Waals surface area contributed by atoms with Crippen molar-refractivity contribution in [1.29, 1.82) is 0 Å². The third-order valence-corrected chi connectivity index (χ3v) is 10.0. The molecule has 55 heavy (non-hydrogen) atoms. The van der Waals surface area contributed by atoms with Gasteiger partial charge in [0.15, 0.2) is 0 Å². The van der Waals surface area contributed by atoms with E-state index < -0.39 is 35.1 Å². The summed E-state index contributed by atoms with van der Waals surface area (Å²) in [5, 5.41) is 10.0. The van der Waals surface area contributed by atoms with E-state index in [0.29, 0.717) is 31.5 Å². The van der Waals surface area contributed by atoms with E-state index in [-0.39, 0.29) is 66.1 Å². The number of benzene rings is 3. The highest BCUT2D eigenvalue weighted by molar-refractivity contribution is 5.80. The lowest BCUT2D eigenvalue weighted by molar-refractivity contribution is -0.274. The number of pyridine rings is 1. The normalized spacial score (nSPS) is 14.2. The van der Waals surface area contributed by atoms with Gasteiger partial charge in [-0.2, -0.15) is 4.98 Å². The number of carbonyl (C=O) groups is 2. The highest BCUT2D eigenvalue weighted by atomic mass is 19.4. The molecule has 10 nitrogen and oxygen atoms in total. The summed E-state index contributed by atoms with van der Waals surface area (Å²) in [6, 6.07) is 18.8. The van der Waals surface area contributed by atoms with Crippen molar-refractivity contribution in [2.45, 2.75) is 70.6 Å². The number of fused-ring (bicyclic) bond motifs is 1. The Morgan fingerprint density at radius 1 is 0.927 bits per heavy atom. The van der Waals surface area contributed by atoms with Gasteiger partial charge in [0.05, 0.1) is 5.39 Å². The summed E-state index contributed by atoms with van der Waals surface area (Å²) < 4.78 is 71.6. The van der Waals surface area contributed by atoms with Crippen molar-refractivity contribution in [3.05, 3.63) is 124 Å². The van der Waals surface area contributed by atoms with Crippen molar-refractivity contribution in [2.24, 2.45) is 0 Å². The molecule has 1 aliphatic heterocycles. The van der Waals surface area contributed by atoms with Crippen LogP contribution in [-0.4, -0.2) is 72.4 Å². The number of piperidine rings is 1. The molecule has 0 bridgehead atoms. The Hall–Kier alpha value is -5.70. The first-order valence-electron chi connectivity index (χ1n) is 17.6. The van der Waals surface area contributed by atoms with Gasteiger partial charge in [-0.15, -0.1) is 13.2 Å². The summed E-state index contributed by atoms with van der Waals surface area (Å²) in [5.41, 5.74) is 0.896. The molecule has 1 N–H and O–H groups in total. The van der Waals surface area contributed by atoms with Crippen molar-refractivity contribution in [2.75, 3.05) is 13.1 Å². The number of amides is 1. The number of hydrogen-bond acceptors (Lipinski definition) is 7.